The lowest BCUT2D eigenvalue weighted by atomic mass is 10.1. The first-order valence-electron chi connectivity index (χ1n) is 2.69. The van der Waals surface area contributed by atoms with Crippen LogP contribution < -0.4 is 0 Å². The van der Waals surface area contributed by atoms with Crippen LogP contribution in [-0.4, -0.2) is 13.7 Å². The van der Waals surface area contributed by atoms with Crippen molar-refractivity contribution in [2.45, 2.75) is 13.3 Å². The average Bonchev–Trinajstić information content (AvgIpc) is 1.83. The van der Waals surface area contributed by atoms with Gasteiger partial charge in [0, 0.05) is 19.6 Å². The zero-order valence-corrected chi connectivity index (χ0v) is 5.35. The Morgan fingerprint density at radius 1 is 1.75 bits per heavy atom. The van der Waals surface area contributed by atoms with Gasteiger partial charge in [0.2, 0.25) is 0 Å². The van der Waals surface area contributed by atoms with Gasteiger partial charge in [-0.1, -0.05) is 0 Å². The summed E-state index contributed by atoms with van der Waals surface area (Å²) in [4.78, 5) is 0. The molecule has 0 radical (unpaired) electrons. The number of hydrogen-bond donors (Lipinski definition) is 0. The number of methoxy groups -OCH3 is 1. The molecule has 0 aliphatic heterocycles. The molecule has 0 aromatic rings. The van der Waals surface area contributed by atoms with Crippen LogP contribution in [0.3, 0.4) is 0 Å². The highest BCUT2D eigenvalue weighted by atomic mass is 16.5. The molecule has 0 aliphatic rings. The summed E-state index contributed by atoms with van der Waals surface area (Å²) in [6.07, 6.45) is 0.840. The van der Waals surface area contributed by atoms with Crippen LogP contribution in [-0.2, 0) is 4.74 Å². The van der Waals surface area contributed by atoms with Crippen LogP contribution in [0.2, 0.25) is 0 Å². The minimum absolute atomic E-state index is 0.134. The van der Waals surface area contributed by atoms with Crippen molar-refractivity contribution in [2.24, 2.45) is 5.92 Å². The molecule has 2 nitrogen and oxygen atoms in total. The Bertz CT molecular complexity index is 85.0. The first kappa shape index (κ1) is 7.45. The van der Waals surface area contributed by atoms with E-state index in [9.17, 15) is 0 Å². The lowest BCUT2D eigenvalue weighted by Crippen LogP contribution is -1.95. The number of ether oxygens (including phenoxy) is 1. The topological polar surface area (TPSA) is 33.0 Å². The van der Waals surface area contributed by atoms with E-state index >= 15 is 0 Å². The van der Waals surface area contributed by atoms with Crippen LogP contribution in [0.15, 0.2) is 0 Å². The van der Waals surface area contributed by atoms with E-state index in [0.717, 1.165) is 6.42 Å². The Morgan fingerprint density at radius 3 is 2.75 bits per heavy atom. The zero-order valence-electron chi connectivity index (χ0n) is 5.35. The summed E-state index contributed by atoms with van der Waals surface area (Å²) in [5.41, 5.74) is 0. The summed E-state index contributed by atoms with van der Waals surface area (Å²) >= 11 is 0. The van der Waals surface area contributed by atoms with Gasteiger partial charge in [-0.3, -0.25) is 0 Å². The molecule has 0 aliphatic carbocycles. The first-order chi connectivity index (χ1) is 3.81. The molecule has 0 rings (SSSR count). The second-order valence-electron chi connectivity index (χ2n) is 1.81. The van der Waals surface area contributed by atoms with Crippen LogP contribution in [0.4, 0.5) is 0 Å². The summed E-state index contributed by atoms with van der Waals surface area (Å²) in [6.45, 7) is 2.58. The van der Waals surface area contributed by atoms with Gasteiger partial charge in [0.05, 0.1) is 6.07 Å². The van der Waals surface area contributed by atoms with E-state index in [1.54, 1.807) is 7.11 Å². The molecule has 0 unspecified atom stereocenters. The Morgan fingerprint density at radius 2 is 2.38 bits per heavy atom. The van der Waals surface area contributed by atoms with Crippen molar-refractivity contribution in [1.82, 2.24) is 0 Å². The summed E-state index contributed by atoms with van der Waals surface area (Å²) in [6, 6.07) is 2.12. The van der Waals surface area contributed by atoms with Crippen molar-refractivity contribution in [1.29, 1.82) is 5.26 Å². The van der Waals surface area contributed by atoms with E-state index in [2.05, 4.69) is 6.07 Å². The highest BCUT2D eigenvalue weighted by Crippen LogP contribution is 1.97. The van der Waals surface area contributed by atoms with E-state index in [0.29, 0.717) is 6.61 Å². The fourth-order valence-corrected chi connectivity index (χ4v) is 0.359. The molecule has 1 atom stereocenters. The third-order valence-corrected chi connectivity index (χ3v) is 0.975. The standard InChI is InChI=1S/C6H11NO/c1-6(5-7)3-4-8-2/h6H,3-4H2,1-2H3/t6-/m1/s1. The van der Waals surface area contributed by atoms with Gasteiger partial charge < -0.3 is 4.74 Å². The Balaban J connectivity index is 3.02. The quantitative estimate of drug-likeness (QED) is 0.550. The number of nitriles is 1. The van der Waals surface area contributed by atoms with Gasteiger partial charge >= 0.3 is 0 Å². The maximum absolute atomic E-state index is 8.26. The lowest BCUT2D eigenvalue weighted by molar-refractivity contribution is 0.187. The predicted molar refractivity (Wildman–Crippen MR) is 31.3 cm³/mol. The van der Waals surface area contributed by atoms with E-state index in [-0.39, 0.29) is 5.92 Å². The summed E-state index contributed by atoms with van der Waals surface area (Å²) in [7, 11) is 1.64. The molecule has 46 valence electrons. The highest BCUT2D eigenvalue weighted by molar-refractivity contribution is 4.77. The molecule has 0 aromatic carbocycles. The van der Waals surface area contributed by atoms with Crippen molar-refractivity contribution < 1.29 is 4.74 Å². The van der Waals surface area contributed by atoms with Gasteiger partial charge in [-0.05, 0) is 13.3 Å². The third kappa shape index (κ3) is 3.63. The molecular formula is C6H11NO. The molecule has 0 heterocycles. The molecule has 8 heavy (non-hydrogen) atoms. The molecule has 0 bridgehead atoms. The summed E-state index contributed by atoms with van der Waals surface area (Å²) < 4.78 is 4.76. The average molecular weight is 113 g/mol. The first-order valence-corrected chi connectivity index (χ1v) is 2.69. The summed E-state index contributed by atoms with van der Waals surface area (Å²) in [5, 5.41) is 8.26. The molecular weight excluding hydrogens is 102 g/mol. The Labute approximate surface area is 50.1 Å². The maximum atomic E-state index is 8.26. The zero-order chi connectivity index (χ0) is 6.41. The molecule has 0 saturated heterocycles. The van der Waals surface area contributed by atoms with Gasteiger partial charge in [0.25, 0.3) is 0 Å². The van der Waals surface area contributed by atoms with Gasteiger partial charge in [-0.15, -0.1) is 0 Å². The molecule has 0 spiro atoms. The molecule has 0 amide bonds. The van der Waals surface area contributed by atoms with Crippen LogP contribution in [0.5, 0.6) is 0 Å². The SMILES string of the molecule is COCC[C@@H](C)C#N. The maximum Gasteiger partial charge on any atom is 0.0653 e. The van der Waals surface area contributed by atoms with E-state index in [4.69, 9.17) is 10.00 Å². The van der Waals surface area contributed by atoms with Crippen LogP contribution in [0.25, 0.3) is 0 Å². The van der Waals surface area contributed by atoms with Crippen molar-refractivity contribution in [3.63, 3.8) is 0 Å². The van der Waals surface area contributed by atoms with Crippen LogP contribution >= 0.6 is 0 Å². The number of rotatable bonds is 3. The van der Waals surface area contributed by atoms with Gasteiger partial charge in [-0.2, -0.15) is 5.26 Å². The molecule has 0 fully saturated rings. The lowest BCUT2D eigenvalue weighted by Gasteiger charge is -1.97. The fraction of sp³-hybridized carbons (Fsp3) is 0.833. The molecule has 2 heteroatoms. The minimum atomic E-state index is 0.134. The van der Waals surface area contributed by atoms with E-state index in [1.807, 2.05) is 6.92 Å². The van der Waals surface area contributed by atoms with Gasteiger partial charge in [-0.25, -0.2) is 0 Å². The smallest absolute Gasteiger partial charge is 0.0653 e. The van der Waals surface area contributed by atoms with Crippen LogP contribution in [0.1, 0.15) is 13.3 Å². The monoisotopic (exact) mass is 113 g/mol. The van der Waals surface area contributed by atoms with Crippen molar-refractivity contribution in [3.05, 3.63) is 0 Å². The largest absolute Gasteiger partial charge is 0.385 e. The van der Waals surface area contributed by atoms with Crippen molar-refractivity contribution >= 4 is 0 Å². The third-order valence-electron chi connectivity index (χ3n) is 0.975. The number of hydrogen-bond acceptors (Lipinski definition) is 2. The minimum Gasteiger partial charge on any atom is -0.385 e. The normalized spacial score (nSPS) is 12.6. The van der Waals surface area contributed by atoms with Gasteiger partial charge in [0.1, 0.15) is 0 Å². The predicted octanol–water partition coefficient (Wildman–Crippen LogP) is 1.18. The van der Waals surface area contributed by atoms with Gasteiger partial charge in [0.15, 0.2) is 0 Å². The van der Waals surface area contributed by atoms with Crippen molar-refractivity contribution in [2.75, 3.05) is 13.7 Å². The summed E-state index contributed by atoms with van der Waals surface area (Å²) in [5.74, 6) is 0.134. The van der Waals surface area contributed by atoms with Crippen molar-refractivity contribution in [3.8, 4) is 6.07 Å². The molecule has 0 aromatic heterocycles. The Kier molecular flexibility index (Phi) is 4.29. The molecule has 0 N–H and O–H groups in total. The van der Waals surface area contributed by atoms with E-state index in [1.165, 1.54) is 0 Å². The van der Waals surface area contributed by atoms with Crippen LogP contribution in [0, 0.1) is 17.2 Å². The highest BCUT2D eigenvalue weighted by Gasteiger charge is 1.95. The second-order valence-corrected chi connectivity index (χ2v) is 1.81. The number of nitrogens with zero attached hydrogens (tertiary/aromatic N) is 1. The molecule has 0 saturated carbocycles. The second kappa shape index (κ2) is 4.61. The van der Waals surface area contributed by atoms with E-state index < -0.39 is 0 Å². The fourth-order valence-electron chi connectivity index (χ4n) is 0.359. The Hall–Kier alpha value is -0.550.